The predicted molar refractivity (Wildman–Crippen MR) is 66.4 cm³/mol. The van der Waals surface area contributed by atoms with Crippen LogP contribution >= 0.6 is 0 Å². The molecular formula is C10H21N3O3S. The van der Waals surface area contributed by atoms with Gasteiger partial charge in [0.2, 0.25) is 5.91 Å². The number of nitrogens with zero attached hydrogens (tertiary/aromatic N) is 2. The summed E-state index contributed by atoms with van der Waals surface area (Å²) in [4.78, 5) is 15.6. The largest absolute Gasteiger partial charge is 0.339 e. The molecular weight excluding hydrogens is 242 g/mol. The van der Waals surface area contributed by atoms with Crippen molar-refractivity contribution < 1.29 is 13.2 Å². The fourth-order valence-electron chi connectivity index (χ4n) is 1.61. The van der Waals surface area contributed by atoms with Gasteiger partial charge in [-0.3, -0.25) is 4.79 Å². The molecule has 1 unspecified atom stereocenters. The lowest BCUT2D eigenvalue weighted by atomic mass is 10.3. The quantitative estimate of drug-likeness (QED) is 0.669. The number of rotatable bonds is 4. The Hall–Kier alpha value is -0.660. The average molecular weight is 263 g/mol. The number of carbonyl (C=O) groups excluding carboxylic acids is 1. The summed E-state index contributed by atoms with van der Waals surface area (Å²) in [5, 5.41) is -0.654. The number of nitrogens with two attached hydrogens (primary N) is 1. The van der Waals surface area contributed by atoms with Crippen molar-refractivity contribution in [2.75, 3.05) is 45.5 Å². The highest BCUT2D eigenvalue weighted by Gasteiger charge is 2.27. The van der Waals surface area contributed by atoms with Gasteiger partial charge in [0.25, 0.3) is 0 Å². The van der Waals surface area contributed by atoms with Gasteiger partial charge >= 0.3 is 0 Å². The van der Waals surface area contributed by atoms with Gasteiger partial charge in [-0.05, 0) is 14.0 Å². The summed E-state index contributed by atoms with van der Waals surface area (Å²) in [5.74, 6) is -0.729. The Bertz CT molecular complexity index is 361. The van der Waals surface area contributed by atoms with E-state index in [2.05, 4.69) is 4.90 Å². The molecule has 1 saturated heterocycles. The molecule has 0 aliphatic carbocycles. The topological polar surface area (TPSA) is 83.7 Å². The van der Waals surface area contributed by atoms with Crippen molar-refractivity contribution in [1.29, 1.82) is 0 Å². The van der Waals surface area contributed by atoms with Gasteiger partial charge < -0.3 is 15.5 Å². The van der Waals surface area contributed by atoms with Crippen molar-refractivity contribution in [1.82, 2.24) is 9.80 Å². The third-order valence-electron chi connectivity index (χ3n) is 3.13. The van der Waals surface area contributed by atoms with Crippen LogP contribution in [0.3, 0.4) is 0 Å². The summed E-state index contributed by atoms with van der Waals surface area (Å²) in [7, 11) is -1.42. The van der Waals surface area contributed by atoms with Crippen LogP contribution in [-0.4, -0.2) is 74.9 Å². The van der Waals surface area contributed by atoms with Crippen molar-refractivity contribution in [3.8, 4) is 0 Å². The zero-order valence-electron chi connectivity index (χ0n) is 10.4. The normalized spacial score (nSPS) is 20.3. The molecule has 1 amide bonds. The van der Waals surface area contributed by atoms with Crippen LogP contribution in [-0.2, 0) is 14.6 Å². The van der Waals surface area contributed by atoms with Crippen LogP contribution in [0.15, 0.2) is 0 Å². The highest BCUT2D eigenvalue weighted by molar-refractivity contribution is 7.92. The average Bonchev–Trinajstić information content (AvgIpc) is 2.28. The summed E-state index contributed by atoms with van der Waals surface area (Å²) >= 11 is 0. The summed E-state index contributed by atoms with van der Waals surface area (Å²) < 4.78 is 23.5. The fraction of sp³-hybridized carbons (Fsp3) is 0.900. The first-order chi connectivity index (χ1) is 7.86. The molecule has 0 aromatic carbocycles. The maximum Gasteiger partial charge on any atom is 0.237 e. The first-order valence-electron chi connectivity index (χ1n) is 5.74. The van der Waals surface area contributed by atoms with Gasteiger partial charge in [0.15, 0.2) is 9.84 Å². The molecule has 0 radical (unpaired) electrons. The molecule has 0 saturated carbocycles. The van der Waals surface area contributed by atoms with Crippen LogP contribution in [0.25, 0.3) is 0 Å². The molecule has 1 aliphatic rings. The number of amides is 1. The minimum absolute atomic E-state index is 0.0539. The van der Waals surface area contributed by atoms with Crippen molar-refractivity contribution in [2.45, 2.75) is 12.2 Å². The van der Waals surface area contributed by atoms with E-state index in [1.54, 1.807) is 4.90 Å². The van der Waals surface area contributed by atoms with Gasteiger partial charge in [-0.2, -0.15) is 0 Å². The van der Waals surface area contributed by atoms with Gasteiger partial charge in [0.1, 0.15) is 5.75 Å². The second-order valence-electron chi connectivity index (χ2n) is 4.54. The molecule has 1 heterocycles. The Morgan fingerprint density at radius 2 is 1.82 bits per heavy atom. The van der Waals surface area contributed by atoms with E-state index in [1.807, 2.05) is 7.05 Å². The molecule has 2 N–H and O–H groups in total. The zero-order chi connectivity index (χ0) is 13.1. The molecule has 1 rings (SSSR count). The lowest BCUT2D eigenvalue weighted by molar-refractivity contribution is -0.129. The molecule has 6 nitrogen and oxygen atoms in total. The second kappa shape index (κ2) is 5.79. The number of hydrogen-bond acceptors (Lipinski definition) is 5. The Labute approximate surface area is 103 Å². The van der Waals surface area contributed by atoms with E-state index < -0.39 is 20.8 Å². The lowest BCUT2D eigenvalue weighted by Crippen LogP contribution is -2.49. The van der Waals surface area contributed by atoms with Crippen LogP contribution in [0, 0.1) is 0 Å². The van der Waals surface area contributed by atoms with Gasteiger partial charge in [0.05, 0.1) is 5.25 Å². The zero-order valence-corrected chi connectivity index (χ0v) is 11.2. The van der Waals surface area contributed by atoms with Gasteiger partial charge in [-0.25, -0.2) is 8.42 Å². The number of piperazine rings is 1. The Kier molecular flexibility index (Phi) is 4.91. The minimum atomic E-state index is -3.40. The minimum Gasteiger partial charge on any atom is -0.339 e. The molecule has 1 fully saturated rings. The standard InChI is InChI=1S/C10H21N3O3S/c1-9(7-11)17(15,16)8-10(14)13-5-3-12(2)4-6-13/h9H,3-8,11H2,1-2H3. The van der Waals surface area contributed by atoms with Crippen LogP contribution in [0.4, 0.5) is 0 Å². The molecule has 0 bridgehead atoms. The molecule has 17 heavy (non-hydrogen) atoms. The molecule has 7 heteroatoms. The Morgan fingerprint density at radius 3 is 2.29 bits per heavy atom. The van der Waals surface area contributed by atoms with Crippen molar-refractivity contribution in [2.24, 2.45) is 5.73 Å². The van der Waals surface area contributed by atoms with Crippen LogP contribution in [0.2, 0.25) is 0 Å². The SMILES string of the molecule is CC(CN)S(=O)(=O)CC(=O)N1CCN(C)CC1. The molecule has 0 aromatic rings. The molecule has 1 atom stereocenters. The van der Waals surface area contributed by atoms with Crippen LogP contribution < -0.4 is 5.73 Å². The van der Waals surface area contributed by atoms with Gasteiger partial charge in [-0.1, -0.05) is 0 Å². The third-order valence-corrected chi connectivity index (χ3v) is 5.19. The van der Waals surface area contributed by atoms with Crippen molar-refractivity contribution >= 4 is 15.7 Å². The maximum atomic E-state index is 11.8. The first kappa shape index (κ1) is 14.4. The fourth-order valence-corrected chi connectivity index (χ4v) is 2.71. The highest BCUT2D eigenvalue weighted by atomic mass is 32.2. The second-order valence-corrected chi connectivity index (χ2v) is 6.96. The molecule has 1 aliphatic heterocycles. The van der Waals surface area contributed by atoms with E-state index >= 15 is 0 Å². The summed E-state index contributed by atoms with van der Waals surface area (Å²) in [6, 6.07) is 0. The third kappa shape index (κ3) is 3.93. The highest BCUT2D eigenvalue weighted by Crippen LogP contribution is 2.05. The van der Waals surface area contributed by atoms with Crippen molar-refractivity contribution in [3.63, 3.8) is 0 Å². The predicted octanol–water partition coefficient (Wildman–Crippen LogP) is -1.48. The van der Waals surface area contributed by atoms with E-state index in [4.69, 9.17) is 5.73 Å². The van der Waals surface area contributed by atoms with Crippen LogP contribution in [0.1, 0.15) is 6.92 Å². The van der Waals surface area contributed by atoms with Crippen molar-refractivity contribution in [3.05, 3.63) is 0 Å². The van der Waals surface area contributed by atoms with Gasteiger partial charge in [-0.15, -0.1) is 0 Å². The number of sulfone groups is 1. The van der Waals surface area contributed by atoms with E-state index in [9.17, 15) is 13.2 Å². The summed E-state index contributed by atoms with van der Waals surface area (Å²) in [6.07, 6.45) is 0. The lowest BCUT2D eigenvalue weighted by Gasteiger charge is -2.32. The molecule has 100 valence electrons. The Balaban J connectivity index is 2.55. The van der Waals surface area contributed by atoms with E-state index in [0.717, 1.165) is 13.1 Å². The monoisotopic (exact) mass is 263 g/mol. The smallest absolute Gasteiger partial charge is 0.237 e. The summed E-state index contributed by atoms with van der Waals surface area (Å²) in [5.41, 5.74) is 5.32. The van der Waals surface area contributed by atoms with E-state index in [0.29, 0.717) is 13.1 Å². The van der Waals surface area contributed by atoms with E-state index in [1.165, 1.54) is 6.92 Å². The maximum absolute atomic E-state index is 11.8. The van der Waals surface area contributed by atoms with Crippen LogP contribution in [0.5, 0.6) is 0 Å². The van der Waals surface area contributed by atoms with Gasteiger partial charge in [0, 0.05) is 32.7 Å². The number of hydrogen-bond donors (Lipinski definition) is 1. The Morgan fingerprint density at radius 1 is 1.29 bits per heavy atom. The number of carbonyl (C=O) groups is 1. The van der Waals surface area contributed by atoms with E-state index in [-0.39, 0.29) is 12.5 Å². The molecule has 0 aromatic heterocycles. The number of likely N-dealkylation sites (N-methyl/N-ethyl adjacent to an activating group) is 1. The summed E-state index contributed by atoms with van der Waals surface area (Å²) in [6.45, 7) is 4.37. The molecule has 0 spiro atoms. The first-order valence-corrected chi connectivity index (χ1v) is 7.46.